The lowest BCUT2D eigenvalue weighted by molar-refractivity contribution is 0.0681. The molecular formula is C20H23N7O2. The Bertz CT molecular complexity index is 1140. The summed E-state index contributed by atoms with van der Waals surface area (Å²) in [6.45, 7) is 0. The Morgan fingerprint density at radius 3 is 2.83 bits per heavy atom. The Labute approximate surface area is 167 Å². The van der Waals surface area contributed by atoms with Crippen LogP contribution >= 0.6 is 0 Å². The molecule has 1 aliphatic carbocycles. The highest BCUT2D eigenvalue weighted by Gasteiger charge is 2.23. The molecule has 1 saturated carbocycles. The number of nitrogens with zero attached hydrogens (tertiary/aromatic N) is 5. The van der Waals surface area contributed by atoms with E-state index < -0.39 is 0 Å². The van der Waals surface area contributed by atoms with Gasteiger partial charge in [0.25, 0.3) is 0 Å². The maximum Gasteiger partial charge on any atom is 0.228 e. The van der Waals surface area contributed by atoms with Crippen molar-refractivity contribution in [2.45, 2.75) is 37.8 Å². The fraction of sp³-hybridized carbons (Fsp3) is 0.400. The van der Waals surface area contributed by atoms with Crippen LogP contribution in [-0.2, 0) is 4.74 Å². The number of fused-ring (bicyclic) bond motifs is 2. The monoisotopic (exact) mass is 393 g/mol. The average molecular weight is 393 g/mol. The summed E-state index contributed by atoms with van der Waals surface area (Å²) in [4.78, 5) is 16.9. The van der Waals surface area contributed by atoms with Gasteiger partial charge < -0.3 is 19.8 Å². The first-order valence-corrected chi connectivity index (χ1v) is 9.77. The number of H-pyrrole nitrogens is 1. The van der Waals surface area contributed by atoms with E-state index in [1.807, 2.05) is 24.5 Å². The quantitative estimate of drug-likeness (QED) is 0.537. The smallest absolute Gasteiger partial charge is 0.228 e. The number of aromatic amines is 1. The molecule has 1 aliphatic rings. The van der Waals surface area contributed by atoms with Gasteiger partial charge in [0.2, 0.25) is 11.8 Å². The number of pyridine rings is 1. The summed E-state index contributed by atoms with van der Waals surface area (Å²) >= 11 is 0. The molecule has 0 atom stereocenters. The molecule has 29 heavy (non-hydrogen) atoms. The van der Waals surface area contributed by atoms with Crippen LogP contribution < -0.4 is 10.1 Å². The van der Waals surface area contributed by atoms with Gasteiger partial charge in [-0.25, -0.2) is 9.50 Å². The Morgan fingerprint density at radius 2 is 2.03 bits per heavy atom. The summed E-state index contributed by atoms with van der Waals surface area (Å²) in [6, 6.07) is 4.31. The zero-order chi connectivity index (χ0) is 19.8. The van der Waals surface area contributed by atoms with Crippen LogP contribution in [0.25, 0.3) is 27.8 Å². The molecule has 0 amide bonds. The number of hydrogen-bond donors (Lipinski definition) is 2. The summed E-state index contributed by atoms with van der Waals surface area (Å²) in [5.74, 6) is 1.12. The molecule has 150 valence electrons. The van der Waals surface area contributed by atoms with Crippen molar-refractivity contribution in [3.05, 3.63) is 30.9 Å². The molecule has 0 aliphatic heterocycles. The highest BCUT2D eigenvalue weighted by Crippen LogP contribution is 2.35. The van der Waals surface area contributed by atoms with Crippen LogP contribution in [0.5, 0.6) is 5.88 Å². The van der Waals surface area contributed by atoms with Gasteiger partial charge in [0.15, 0.2) is 5.65 Å². The van der Waals surface area contributed by atoms with Gasteiger partial charge >= 0.3 is 0 Å². The first kappa shape index (κ1) is 17.9. The predicted octanol–water partition coefficient (Wildman–Crippen LogP) is 3.05. The third-order valence-electron chi connectivity index (χ3n) is 5.62. The molecule has 1 fully saturated rings. The number of aromatic nitrogens is 6. The van der Waals surface area contributed by atoms with Crippen LogP contribution in [0.15, 0.2) is 30.9 Å². The number of nitrogens with one attached hydrogen (secondary N) is 2. The van der Waals surface area contributed by atoms with Gasteiger partial charge in [0.1, 0.15) is 12.0 Å². The summed E-state index contributed by atoms with van der Waals surface area (Å²) in [6.07, 6.45) is 9.88. The summed E-state index contributed by atoms with van der Waals surface area (Å²) in [7, 11) is 3.41. The summed E-state index contributed by atoms with van der Waals surface area (Å²) < 4.78 is 12.8. The molecule has 4 aromatic heterocycles. The van der Waals surface area contributed by atoms with Gasteiger partial charge in [-0.1, -0.05) is 0 Å². The van der Waals surface area contributed by atoms with Crippen molar-refractivity contribution in [3.63, 3.8) is 0 Å². The number of methoxy groups -OCH3 is 2. The van der Waals surface area contributed by atoms with Crippen LogP contribution in [0.3, 0.4) is 0 Å². The van der Waals surface area contributed by atoms with Gasteiger partial charge in [-0.15, -0.1) is 0 Å². The van der Waals surface area contributed by atoms with Crippen molar-refractivity contribution in [1.29, 1.82) is 0 Å². The van der Waals surface area contributed by atoms with E-state index in [1.165, 1.54) is 6.33 Å². The van der Waals surface area contributed by atoms with Gasteiger partial charge in [-0.2, -0.15) is 15.1 Å². The highest BCUT2D eigenvalue weighted by atomic mass is 16.5. The van der Waals surface area contributed by atoms with Crippen molar-refractivity contribution >= 4 is 22.6 Å². The van der Waals surface area contributed by atoms with Gasteiger partial charge in [0, 0.05) is 31.1 Å². The average Bonchev–Trinajstić information content (AvgIpc) is 3.40. The fourth-order valence-electron chi connectivity index (χ4n) is 4.05. The molecule has 4 heterocycles. The lowest BCUT2D eigenvalue weighted by Gasteiger charge is -2.28. The molecule has 2 N–H and O–H groups in total. The summed E-state index contributed by atoms with van der Waals surface area (Å²) in [5, 5.41) is 8.46. The Balaban J connectivity index is 1.47. The molecule has 0 spiro atoms. The van der Waals surface area contributed by atoms with Gasteiger partial charge in [0.05, 0.1) is 18.6 Å². The first-order chi connectivity index (χ1) is 14.2. The lowest BCUT2D eigenvalue weighted by atomic mass is 9.93. The van der Waals surface area contributed by atoms with E-state index in [-0.39, 0.29) is 0 Å². The third-order valence-corrected chi connectivity index (χ3v) is 5.62. The Hall–Kier alpha value is -3.20. The van der Waals surface area contributed by atoms with Gasteiger partial charge in [-0.3, -0.25) is 0 Å². The first-order valence-electron chi connectivity index (χ1n) is 9.77. The molecule has 0 saturated heterocycles. The molecule has 9 nitrogen and oxygen atoms in total. The van der Waals surface area contributed by atoms with Crippen LogP contribution in [0.1, 0.15) is 25.7 Å². The van der Waals surface area contributed by atoms with E-state index in [9.17, 15) is 0 Å². The van der Waals surface area contributed by atoms with Crippen molar-refractivity contribution < 1.29 is 9.47 Å². The van der Waals surface area contributed by atoms with Crippen molar-refractivity contribution in [2.75, 3.05) is 19.5 Å². The lowest BCUT2D eigenvalue weighted by Crippen LogP contribution is -2.29. The normalized spacial score (nSPS) is 19.7. The molecule has 4 aromatic rings. The minimum Gasteiger partial charge on any atom is -0.480 e. The molecule has 5 rings (SSSR count). The number of hydrogen-bond acceptors (Lipinski definition) is 7. The molecule has 0 bridgehead atoms. The van der Waals surface area contributed by atoms with E-state index in [0.717, 1.165) is 53.5 Å². The van der Waals surface area contributed by atoms with Gasteiger partial charge in [-0.05, 0) is 43.4 Å². The second-order valence-corrected chi connectivity index (χ2v) is 7.31. The number of ether oxygens (including phenoxy) is 2. The molecule has 0 radical (unpaired) electrons. The molecule has 9 heteroatoms. The Kier molecular flexibility index (Phi) is 4.51. The fourth-order valence-corrected chi connectivity index (χ4v) is 4.05. The summed E-state index contributed by atoms with van der Waals surface area (Å²) in [5.41, 5.74) is 3.48. The maximum atomic E-state index is 5.62. The minimum atomic E-state index is 0.341. The Morgan fingerprint density at radius 1 is 1.17 bits per heavy atom. The van der Waals surface area contributed by atoms with Crippen molar-refractivity contribution in [1.82, 2.24) is 29.5 Å². The van der Waals surface area contributed by atoms with Crippen molar-refractivity contribution in [2.24, 2.45) is 0 Å². The minimum absolute atomic E-state index is 0.341. The molecular weight excluding hydrogens is 370 g/mol. The van der Waals surface area contributed by atoms with E-state index >= 15 is 0 Å². The van der Waals surface area contributed by atoms with E-state index in [1.54, 1.807) is 18.7 Å². The van der Waals surface area contributed by atoms with E-state index in [4.69, 9.17) is 14.5 Å². The van der Waals surface area contributed by atoms with Crippen LogP contribution in [0.4, 0.5) is 5.95 Å². The number of anilines is 1. The van der Waals surface area contributed by atoms with Crippen LogP contribution in [-0.4, -0.2) is 55.9 Å². The van der Waals surface area contributed by atoms with Crippen molar-refractivity contribution in [3.8, 4) is 17.0 Å². The maximum absolute atomic E-state index is 5.62. The number of rotatable bonds is 5. The van der Waals surface area contributed by atoms with Crippen LogP contribution in [0, 0.1) is 0 Å². The topological polar surface area (TPSA) is 102 Å². The zero-order valence-electron chi connectivity index (χ0n) is 16.4. The second-order valence-electron chi connectivity index (χ2n) is 7.31. The molecule has 0 aromatic carbocycles. The van der Waals surface area contributed by atoms with Crippen LogP contribution in [0.2, 0.25) is 0 Å². The highest BCUT2D eigenvalue weighted by molar-refractivity contribution is 5.98. The predicted molar refractivity (Wildman–Crippen MR) is 109 cm³/mol. The largest absolute Gasteiger partial charge is 0.480 e. The van der Waals surface area contributed by atoms with E-state index in [0.29, 0.717) is 24.0 Å². The standard InChI is InChI=1S/C20H23N7O2/c1-28-14-5-3-13(4-6-14)24-20-25-18-17(19(26-20)29-2)15(10-21-18)12-7-8-27-16(9-12)22-11-23-27/h7-11,13-14H,3-6H2,1-2H3,(H2,21,24,25,26). The SMILES string of the molecule is COc1nc(NC2CCC(OC)CC2)nc2[nH]cc(-c3ccn4ncnc4c3)c12. The zero-order valence-corrected chi connectivity index (χ0v) is 16.4. The second kappa shape index (κ2) is 7.32. The third kappa shape index (κ3) is 3.27. The van der Waals surface area contributed by atoms with E-state index in [2.05, 4.69) is 25.4 Å². The molecule has 0 unspecified atom stereocenters.